The second kappa shape index (κ2) is 8.53. The van der Waals surface area contributed by atoms with Gasteiger partial charge in [-0.3, -0.25) is 4.90 Å². The number of carbonyl (C=O) groups excluding carboxylic acids is 1. The van der Waals surface area contributed by atoms with Crippen molar-refractivity contribution in [3.05, 3.63) is 54.4 Å². The van der Waals surface area contributed by atoms with Crippen LogP contribution in [-0.4, -0.2) is 58.2 Å². The van der Waals surface area contributed by atoms with E-state index in [1.807, 2.05) is 54.3 Å². The molecule has 1 saturated heterocycles. The molecule has 2 aromatic carbocycles. The third-order valence-electron chi connectivity index (χ3n) is 5.32. The highest BCUT2D eigenvalue weighted by Crippen LogP contribution is 2.18. The summed E-state index contributed by atoms with van der Waals surface area (Å²) in [5.74, 6) is 1.86. The van der Waals surface area contributed by atoms with Gasteiger partial charge in [0.05, 0.1) is 24.2 Å². The van der Waals surface area contributed by atoms with Crippen molar-refractivity contribution in [2.75, 3.05) is 38.1 Å². The smallest absolute Gasteiger partial charge is 0.321 e. The number of ether oxygens (including phenoxy) is 1. The third kappa shape index (κ3) is 4.35. The molecule has 0 saturated carbocycles. The fraction of sp³-hybridized carbons (Fsp3) is 0.364. The van der Waals surface area contributed by atoms with E-state index >= 15 is 0 Å². The minimum atomic E-state index is -0.0588. The van der Waals surface area contributed by atoms with Gasteiger partial charge in [-0.25, -0.2) is 9.78 Å². The van der Waals surface area contributed by atoms with Crippen LogP contribution in [0.25, 0.3) is 11.0 Å². The number of piperazine rings is 1. The Labute approximate surface area is 170 Å². The Balaban J connectivity index is 1.30. The molecule has 1 N–H and O–H groups in total. The number of para-hydroxylation sites is 2. The minimum Gasteiger partial charge on any atom is -0.494 e. The zero-order chi connectivity index (χ0) is 20.2. The number of imidazole rings is 1. The number of aryl methyl sites for hydroxylation is 1. The zero-order valence-corrected chi connectivity index (χ0v) is 17.0. The molecule has 1 fully saturated rings. The van der Waals surface area contributed by atoms with Crippen molar-refractivity contribution in [1.29, 1.82) is 0 Å². The molecule has 152 valence electrons. The molecule has 29 heavy (non-hydrogen) atoms. The lowest BCUT2D eigenvalue weighted by atomic mass is 10.3. The van der Waals surface area contributed by atoms with Crippen LogP contribution in [0.2, 0.25) is 0 Å². The van der Waals surface area contributed by atoms with Crippen molar-refractivity contribution < 1.29 is 9.53 Å². The van der Waals surface area contributed by atoms with Crippen molar-refractivity contribution in [3.63, 3.8) is 0 Å². The van der Waals surface area contributed by atoms with Crippen molar-refractivity contribution in [2.45, 2.75) is 13.5 Å². The van der Waals surface area contributed by atoms with Crippen molar-refractivity contribution >= 4 is 22.8 Å². The number of fused-ring (bicyclic) bond motifs is 1. The summed E-state index contributed by atoms with van der Waals surface area (Å²) in [6.07, 6.45) is 0. The number of nitrogens with zero attached hydrogens (tertiary/aromatic N) is 4. The summed E-state index contributed by atoms with van der Waals surface area (Å²) >= 11 is 0. The highest BCUT2D eigenvalue weighted by Gasteiger charge is 2.22. The van der Waals surface area contributed by atoms with Crippen LogP contribution in [0.5, 0.6) is 5.75 Å². The van der Waals surface area contributed by atoms with Crippen LogP contribution in [0.3, 0.4) is 0 Å². The summed E-state index contributed by atoms with van der Waals surface area (Å²) in [5.41, 5.74) is 2.95. The van der Waals surface area contributed by atoms with Gasteiger partial charge in [0.1, 0.15) is 11.6 Å². The van der Waals surface area contributed by atoms with Crippen LogP contribution >= 0.6 is 0 Å². The molecule has 2 amide bonds. The van der Waals surface area contributed by atoms with Crippen LogP contribution in [-0.2, 0) is 13.6 Å². The lowest BCUT2D eigenvalue weighted by molar-refractivity contribution is 0.140. The first kappa shape index (κ1) is 19.3. The van der Waals surface area contributed by atoms with Crippen LogP contribution in [0.4, 0.5) is 10.5 Å². The van der Waals surface area contributed by atoms with Gasteiger partial charge in [-0.1, -0.05) is 12.1 Å². The summed E-state index contributed by atoms with van der Waals surface area (Å²) < 4.78 is 7.59. The highest BCUT2D eigenvalue weighted by atomic mass is 16.5. The van der Waals surface area contributed by atoms with Crippen LogP contribution in [0, 0.1) is 0 Å². The molecular weight excluding hydrogens is 366 g/mol. The molecule has 1 aromatic heterocycles. The van der Waals surface area contributed by atoms with E-state index in [0.29, 0.717) is 19.7 Å². The number of nitrogens with one attached hydrogen (secondary N) is 1. The fourth-order valence-corrected chi connectivity index (χ4v) is 3.65. The van der Waals surface area contributed by atoms with Gasteiger partial charge in [-0.15, -0.1) is 0 Å². The van der Waals surface area contributed by atoms with E-state index in [0.717, 1.165) is 47.9 Å². The van der Waals surface area contributed by atoms with Gasteiger partial charge >= 0.3 is 6.03 Å². The first-order valence-electron chi connectivity index (χ1n) is 10.1. The van der Waals surface area contributed by atoms with Crippen LogP contribution < -0.4 is 10.1 Å². The standard InChI is InChI=1S/C22H27N5O2/c1-3-29-18-10-8-17(9-11-18)23-22(28)27-14-12-26(13-15-27)16-21-24-19-6-4-5-7-20(19)25(21)2/h4-11H,3,12-16H2,1-2H3,(H,23,28). The predicted molar refractivity (Wildman–Crippen MR) is 114 cm³/mol. The summed E-state index contributed by atoms with van der Waals surface area (Å²) in [4.78, 5) is 21.5. The largest absolute Gasteiger partial charge is 0.494 e. The van der Waals surface area contributed by atoms with E-state index in [2.05, 4.69) is 27.9 Å². The van der Waals surface area contributed by atoms with Crippen molar-refractivity contribution in [1.82, 2.24) is 19.4 Å². The van der Waals surface area contributed by atoms with E-state index in [1.165, 1.54) is 0 Å². The number of urea groups is 1. The number of amides is 2. The SMILES string of the molecule is CCOc1ccc(NC(=O)N2CCN(Cc3nc4ccccc4n3C)CC2)cc1. The maximum absolute atomic E-state index is 12.6. The van der Waals surface area contributed by atoms with Crippen molar-refractivity contribution in [3.8, 4) is 5.75 Å². The van der Waals surface area contributed by atoms with Crippen LogP contribution in [0.1, 0.15) is 12.7 Å². The van der Waals surface area contributed by atoms with Gasteiger partial charge in [-0.2, -0.15) is 0 Å². The van der Waals surface area contributed by atoms with Gasteiger partial charge < -0.3 is 19.5 Å². The Bertz CT molecular complexity index is 975. The Kier molecular flexibility index (Phi) is 5.67. The number of carbonyl (C=O) groups is 1. The summed E-state index contributed by atoms with van der Waals surface area (Å²) in [7, 11) is 2.06. The van der Waals surface area contributed by atoms with Gasteiger partial charge in [0.2, 0.25) is 0 Å². The zero-order valence-electron chi connectivity index (χ0n) is 17.0. The average Bonchev–Trinajstić information content (AvgIpc) is 3.06. The normalized spacial score (nSPS) is 14.9. The molecule has 0 spiro atoms. The van der Waals surface area contributed by atoms with E-state index < -0.39 is 0 Å². The maximum atomic E-state index is 12.6. The molecule has 0 unspecified atom stereocenters. The van der Waals surface area contributed by atoms with Gasteiger partial charge in [0, 0.05) is 38.9 Å². The second-order valence-corrected chi connectivity index (χ2v) is 7.23. The molecular formula is C22H27N5O2. The van der Waals surface area contributed by atoms with Gasteiger partial charge in [0.25, 0.3) is 0 Å². The molecule has 1 aliphatic heterocycles. The van der Waals surface area contributed by atoms with E-state index in [9.17, 15) is 4.79 Å². The molecule has 1 aliphatic rings. The Morgan fingerprint density at radius 2 is 1.79 bits per heavy atom. The number of hydrogen-bond acceptors (Lipinski definition) is 4. The lowest BCUT2D eigenvalue weighted by Crippen LogP contribution is -2.49. The quantitative estimate of drug-likeness (QED) is 0.722. The number of hydrogen-bond donors (Lipinski definition) is 1. The first-order chi connectivity index (χ1) is 14.1. The van der Waals surface area contributed by atoms with Gasteiger partial charge in [0.15, 0.2) is 0 Å². The first-order valence-corrected chi connectivity index (χ1v) is 10.1. The summed E-state index contributed by atoms with van der Waals surface area (Å²) in [6, 6.07) is 15.6. The monoisotopic (exact) mass is 393 g/mol. The molecule has 7 heteroatoms. The second-order valence-electron chi connectivity index (χ2n) is 7.23. The maximum Gasteiger partial charge on any atom is 0.321 e. The molecule has 0 aliphatic carbocycles. The summed E-state index contributed by atoms with van der Waals surface area (Å²) in [6.45, 7) is 6.44. The Morgan fingerprint density at radius 1 is 1.07 bits per heavy atom. The number of benzene rings is 2. The number of anilines is 1. The predicted octanol–water partition coefficient (Wildman–Crippen LogP) is 3.32. The average molecular weight is 393 g/mol. The molecule has 3 aromatic rings. The molecule has 2 heterocycles. The topological polar surface area (TPSA) is 62.6 Å². The van der Waals surface area contributed by atoms with Gasteiger partial charge in [-0.05, 0) is 43.3 Å². The molecule has 0 radical (unpaired) electrons. The van der Waals surface area contributed by atoms with E-state index in [-0.39, 0.29) is 6.03 Å². The number of rotatable bonds is 5. The molecule has 7 nitrogen and oxygen atoms in total. The minimum absolute atomic E-state index is 0.0588. The lowest BCUT2D eigenvalue weighted by Gasteiger charge is -2.34. The Morgan fingerprint density at radius 3 is 2.48 bits per heavy atom. The van der Waals surface area contributed by atoms with E-state index in [1.54, 1.807) is 0 Å². The third-order valence-corrected chi connectivity index (χ3v) is 5.32. The number of aromatic nitrogens is 2. The van der Waals surface area contributed by atoms with Crippen molar-refractivity contribution in [2.24, 2.45) is 7.05 Å². The fourth-order valence-electron chi connectivity index (χ4n) is 3.65. The summed E-state index contributed by atoms with van der Waals surface area (Å²) in [5, 5.41) is 2.97. The highest BCUT2D eigenvalue weighted by molar-refractivity contribution is 5.89. The van der Waals surface area contributed by atoms with Crippen LogP contribution in [0.15, 0.2) is 48.5 Å². The molecule has 0 atom stereocenters. The molecule has 0 bridgehead atoms. The molecule has 4 rings (SSSR count). The Hall–Kier alpha value is -3.06. The van der Waals surface area contributed by atoms with E-state index in [4.69, 9.17) is 9.72 Å².